The molecule has 1 aromatic rings. The first kappa shape index (κ1) is 12.2. The average molecular weight is 220 g/mol. The third-order valence-electron chi connectivity index (χ3n) is 2.28. The maximum Gasteiger partial charge on any atom is 0.269 e. The van der Waals surface area contributed by atoms with Crippen LogP contribution in [0.15, 0.2) is 6.07 Å². The first-order chi connectivity index (χ1) is 7.69. The molecule has 0 bridgehead atoms. The molecule has 1 aromatic heterocycles. The quantitative estimate of drug-likeness (QED) is 0.753. The lowest BCUT2D eigenvalue weighted by Gasteiger charge is -2.03. The summed E-state index contributed by atoms with van der Waals surface area (Å²) in [6, 6.07) is 3.83. The molecule has 1 amide bonds. The predicted octanol–water partition coefficient (Wildman–Crippen LogP) is 1.02. The summed E-state index contributed by atoms with van der Waals surface area (Å²) in [6.45, 7) is 2.52. The highest BCUT2D eigenvalue weighted by molar-refractivity contribution is 5.92. The molecule has 1 heterocycles. The lowest BCUT2D eigenvalue weighted by molar-refractivity contribution is 0.0944. The number of unbranched alkanes of at least 4 members (excludes halogenated alkanes) is 1. The molecule has 1 N–H and O–H groups in total. The Labute approximate surface area is 95.1 Å². The maximum absolute atomic E-state index is 11.7. The molecule has 0 unspecified atom stereocenters. The smallest absolute Gasteiger partial charge is 0.269 e. The summed E-state index contributed by atoms with van der Waals surface area (Å²) in [4.78, 5) is 11.7. The molecule has 16 heavy (non-hydrogen) atoms. The lowest BCUT2D eigenvalue weighted by atomic mass is 10.3. The molecule has 1 rings (SSSR count). The van der Waals surface area contributed by atoms with E-state index in [1.807, 2.05) is 13.0 Å². The zero-order valence-electron chi connectivity index (χ0n) is 9.66. The minimum Gasteiger partial charge on any atom is -0.351 e. The van der Waals surface area contributed by atoms with Crippen molar-refractivity contribution in [2.45, 2.75) is 26.2 Å². The summed E-state index contributed by atoms with van der Waals surface area (Å²) in [6.07, 6.45) is 1.96. The van der Waals surface area contributed by atoms with Crippen LogP contribution in [0.1, 0.15) is 35.9 Å². The van der Waals surface area contributed by atoms with Crippen LogP contribution in [0.3, 0.4) is 0 Å². The molecule has 0 radical (unpaired) electrons. The van der Waals surface area contributed by atoms with Crippen molar-refractivity contribution in [3.63, 3.8) is 0 Å². The summed E-state index contributed by atoms with van der Waals surface area (Å²) in [5, 5.41) is 15.3. The van der Waals surface area contributed by atoms with Crippen molar-refractivity contribution in [3.05, 3.63) is 17.5 Å². The van der Waals surface area contributed by atoms with Gasteiger partial charge in [-0.15, -0.1) is 0 Å². The van der Waals surface area contributed by atoms with Crippen LogP contribution in [0, 0.1) is 11.3 Å². The average Bonchev–Trinajstić information content (AvgIpc) is 2.66. The number of rotatable bonds is 5. The second-order valence-corrected chi connectivity index (χ2v) is 3.52. The van der Waals surface area contributed by atoms with Crippen molar-refractivity contribution in [2.24, 2.45) is 7.05 Å². The Bertz CT molecular complexity index is 403. The fraction of sp³-hybridized carbons (Fsp3) is 0.545. The summed E-state index contributed by atoms with van der Waals surface area (Å²) in [5.74, 6) is -0.132. The summed E-state index contributed by atoms with van der Waals surface area (Å²) >= 11 is 0. The first-order valence-electron chi connectivity index (χ1n) is 5.37. The van der Waals surface area contributed by atoms with Gasteiger partial charge in [0.05, 0.1) is 11.8 Å². The highest BCUT2D eigenvalue weighted by Gasteiger charge is 2.11. The van der Waals surface area contributed by atoms with Gasteiger partial charge < -0.3 is 5.32 Å². The van der Waals surface area contributed by atoms with Crippen LogP contribution in [0.4, 0.5) is 0 Å². The van der Waals surface area contributed by atoms with Crippen LogP contribution in [0.2, 0.25) is 0 Å². The Morgan fingerprint density at radius 1 is 1.69 bits per heavy atom. The van der Waals surface area contributed by atoms with Gasteiger partial charge in [0.2, 0.25) is 0 Å². The second-order valence-electron chi connectivity index (χ2n) is 3.52. The maximum atomic E-state index is 11.7. The van der Waals surface area contributed by atoms with E-state index in [1.54, 1.807) is 17.8 Å². The molecular formula is C11H16N4O. The molecule has 5 heteroatoms. The van der Waals surface area contributed by atoms with E-state index >= 15 is 0 Å². The van der Waals surface area contributed by atoms with Crippen LogP contribution in [0.25, 0.3) is 0 Å². The Morgan fingerprint density at radius 2 is 2.44 bits per heavy atom. The van der Waals surface area contributed by atoms with Gasteiger partial charge in [-0.05, 0) is 18.9 Å². The van der Waals surface area contributed by atoms with Gasteiger partial charge >= 0.3 is 0 Å². The fourth-order valence-electron chi connectivity index (χ4n) is 1.37. The Balaban J connectivity index is 2.52. The van der Waals surface area contributed by atoms with Crippen molar-refractivity contribution >= 4 is 5.91 Å². The number of carbonyl (C=O) groups excluding carboxylic acids is 1. The van der Waals surface area contributed by atoms with E-state index in [2.05, 4.69) is 10.4 Å². The molecule has 0 atom stereocenters. The van der Waals surface area contributed by atoms with E-state index < -0.39 is 0 Å². The molecular weight excluding hydrogens is 204 g/mol. The molecule has 0 aliphatic rings. The third-order valence-corrected chi connectivity index (χ3v) is 2.28. The van der Waals surface area contributed by atoms with Crippen molar-refractivity contribution < 1.29 is 4.79 Å². The van der Waals surface area contributed by atoms with Crippen molar-refractivity contribution in [3.8, 4) is 6.07 Å². The number of carbonyl (C=O) groups is 1. The molecule has 86 valence electrons. The fourth-order valence-corrected chi connectivity index (χ4v) is 1.37. The van der Waals surface area contributed by atoms with Crippen molar-refractivity contribution in [1.82, 2.24) is 15.1 Å². The lowest BCUT2D eigenvalue weighted by Crippen LogP contribution is -2.26. The number of amides is 1. The van der Waals surface area contributed by atoms with Crippen LogP contribution in [-0.2, 0) is 13.5 Å². The van der Waals surface area contributed by atoms with Gasteiger partial charge in [0.25, 0.3) is 5.91 Å². The van der Waals surface area contributed by atoms with E-state index in [1.165, 1.54) is 0 Å². The monoisotopic (exact) mass is 220 g/mol. The zero-order valence-corrected chi connectivity index (χ0v) is 9.66. The first-order valence-corrected chi connectivity index (χ1v) is 5.37. The molecule has 0 fully saturated rings. The van der Waals surface area contributed by atoms with E-state index in [9.17, 15) is 4.79 Å². The SMILES string of the molecule is CCc1cc(C(=O)NCCCC#N)n(C)n1. The summed E-state index contributed by atoms with van der Waals surface area (Å²) in [5.41, 5.74) is 1.47. The minimum atomic E-state index is -0.132. The number of nitrogens with zero attached hydrogens (tertiary/aromatic N) is 3. The van der Waals surface area contributed by atoms with Gasteiger partial charge in [-0.3, -0.25) is 9.48 Å². The minimum absolute atomic E-state index is 0.132. The van der Waals surface area contributed by atoms with Gasteiger partial charge in [0.15, 0.2) is 0 Å². The summed E-state index contributed by atoms with van der Waals surface area (Å²) in [7, 11) is 1.75. The van der Waals surface area contributed by atoms with E-state index in [0.717, 1.165) is 12.1 Å². The van der Waals surface area contributed by atoms with Crippen LogP contribution in [0.5, 0.6) is 0 Å². The molecule has 0 saturated carbocycles. The van der Waals surface area contributed by atoms with Crippen molar-refractivity contribution in [1.29, 1.82) is 5.26 Å². The number of aryl methyl sites for hydroxylation is 2. The van der Waals surface area contributed by atoms with Crippen LogP contribution in [-0.4, -0.2) is 22.2 Å². The van der Waals surface area contributed by atoms with Gasteiger partial charge in [0.1, 0.15) is 5.69 Å². The van der Waals surface area contributed by atoms with Crippen molar-refractivity contribution in [2.75, 3.05) is 6.54 Å². The standard InChI is InChI=1S/C11H16N4O/c1-3-9-8-10(15(2)14-9)11(16)13-7-5-4-6-12/h8H,3-5,7H2,1-2H3,(H,13,16). The predicted molar refractivity (Wildman–Crippen MR) is 59.8 cm³/mol. The number of hydrogen-bond acceptors (Lipinski definition) is 3. The van der Waals surface area contributed by atoms with E-state index in [0.29, 0.717) is 25.1 Å². The molecule has 5 nitrogen and oxygen atoms in total. The Kier molecular flexibility index (Phi) is 4.52. The van der Waals surface area contributed by atoms with Gasteiger partial charge in [-0.2, -0.15) is 10.4 Å². The third kappa shape index (κ3) is 3.09. The number of nitrogens with one attached hydrogen (secondary N) is 1. The van der Waals surface area contributed by atoms with E-state index in [-0.39, 0.29) is 5.91 Å². The van der Waals surface area contributed by atoms with Crippen LogP contribution >= 0.6 is 0 Å². The Morgan fingerprint density at radius 3 is 3.00 bits per heavy atom. The topological polar surface area (TPSA) is 70.7 Å². The molecule has 0 spiro atoms. The van der Waals surface area contributed by atoms with Crippen LogP contribution < -0.4 is 5.32 Å². The molecule has 0 aliphatic heterocycles. The molecule has 0 saturated heterocycles. The molecule has 0 aliphatic carbocycles. The highest BCUT2D eigenvalue weighted by Crippen LogP contribution is 2.03. The number of aromatic nitrogens is 2. The van der Waals surface area contributed by atoms with Gasteiger partial charge in [-0.1, -0.05) is 6.92 Å². The largest absolute Gasteiger partial charge is 0.351 e. The summed E-state index contributed by atoms with van der Waals surface area (Å²) < 4.78 is 1.58. The second kappa shape index (κ2) is 5.91. The number of nitriles is 1. The number of hydrogen-bond donors (Lipinski definition) is 1. The highest BCUT2D eigenvalue weighted by atomic mass is 16.2. The zero-order chi connectivity index (χ0) is 12.0. The molecule has 0 aromatic carbocycles. The normalized spacial score (nSPS) is 9.81. The van der Waals surface area contributed by atoms with Gasteiger partial charge in [0, 0.05) is 20.0 Å². The van der Waals surface area contributed by atoms with E-state index in [4.69, 9.17) is 5.26 Å². The van der Waals surface area contributed by atoms with Gasteiger partial charge in [-0.25, -0.2) is 0 Å². The Hall–Kier alpha value is -1.83.